The molecular weight excluding hydrogens is 279 g/mol. The molecule has 0 fully saturated rings. The van der Waals surface area contributed by atoms with Crippen LogP contribution in [-0.4, -0.2) is 29.1 Å². The van der Waals surface area contributed by atoms with Gasteiger partial charge in [0.2, 0.25) is 0 Å². The van der Waals surface area contributed by atoms with Gasteiger partial charge in [-0.3, -0.25) is 0 Å². The van der Waals surface area contributed by atoms with Crippen molar-refractivity contribution in [3.63, 3.8) is 0 Å². The highest BCUT2D eigenvalue weighted by Crippen LogP contribution is 2.56. The number of hydrogen-bond acceptors (Lipinski definition) is 2. The maximum Gasteiger partial charge on any atom is 0.0983 e. The second-order valence-electron chi connectivity index (χ2n) is 7.48. The Morgan fingerprint density at radius 3 is 1.86 bits per heavy atom. The summed E-state index contributed by atoms with van der Waals surface area (Å²) in [6, 6.07) is 6.52. The number of aryl methyl sites for hydroxylation is 1. The van der Waals surface area contributed by atoms with Crippen molar-refractivity contribution < 1.29 is 10.2 Å². The van der Waals surface area contributed by atoms with Gasteiger partial charge in [-0.25, -0.2) is 0 Å². The topological polar surface area (TPSA) is 40.5 Å². The Kier molecular flexibility index (Phi) is 7.56. The molecule has 0 aromatic heterocycles. The second-order valence-corrected chi connectivity index (χ2v) is 10.5. The monoisotopic (exact) mass is 312 g/mol. The maximum atomic E-state index is 10.7. The summed E-state index contributed by atoms with van der Waals surface area (Å²) in [4.78, 5) is 0. The fourth-order valence-electron chi connectivity index (χ4n) is 1.96. The van der Waals surface area contributed by atoms with Gasteiger partial charge >= 0.3 is 0 Å². The molecule has 0 aliphatic rings. The predicted molar refractivity (Wildman–Crippen MR) is 95.6 cm³/mol. The largest absolute Gasteiger partial charge is 0.400 e. The standard InChI is InChI=1S/C17H29OP.CH4O/c1-12-9-10-13(16(2,3)4)11-14(12)15(18)19(8)17(5,6)7;1-2/h9-11,15,18H,1-8H3;2H,1H3. The summed E-state index contributed by atoms with van der Waals surface area (Å²) in [6.07, 6.45) is 0. The molecule has 3 heteroatoms. The van der Waals surface area contributed by atoms with E-state index in [1.807, 2.05) is 0 Å². The summed E-state index contributed by atoms with van der Waals surface area (Å²) in [5, 5.41) is 17.9. The van der Waals surface area contributed by atoms with Gasteiger partial charge in [0.25, 0.3) is 0 Å². The van der Waals surface area contributed by atoms with Gasteiger partial charge in [0.1, 0.15) is 0 Å². The summed E-state index contributed by atoms with van der Waals surface area (Å²) in [5.41, 5.74) is 3.72. The van der Waals surface area contributed by atoms with Crippen molar-refractivity contribution in [3.8, 4) is 0 Å². The molecule has 2 atom stereocenters. The normalized spacial score (nSPS) is 15.0. The molecule has 2 unspecified atom stereocenters. The third-order valence-electron chi connectivity index (χ3n) is 3.85. The van der Waals surface area contributed by atoms with Crippen LogP contribution >= 0.6 is 7.92 Å². The van der Waals surface area contributed by atoms with Crippen LogP contribution in [0, 0.1) is 6.92 Å². The van der Waals surface area contributed by atoms with E-state index in [1.54, 1.807) is 0 Å². The molecule has 2 N–H and O–H groups in total. The quantitative estimate of drug-likeness (QED) is 0.770. The zero-order valence-electron chi connectivity index (χ0n) is 15.2. The molecule has 0 aliphatic carbocycles. The molecule has 0 heterocycles. The SMILES string of the molecule is CO.Cc1ccc(C(C)(C)C)cc1C(O)P(C)C(C)(C)C. The van der Waals surface area contributed by atoms with E-state index in [-0.39, 0.29) is 16.4 Å². The molecule has 21 heavy (non-hydrogen) atoms. The molecule has 0 bridgehead atoms. The van der Waals surface area contributed by atoms with Gasteiger partial charge in [0.05, 0.1) is 5.85 Å². The van der Waals surface area contributed by atoms with Crippen molar-refractivity contribution in [1.82, 2.24) is 0 Å². The average molecular weight is 312 g/mol. The number of aliphatic hydroxyl groups is 2. The smallest absolute Gasteiger partial charge is 0.0983 e. The van der Waals surface area contributed by atoms with E-state index in [2.05, 4.69) is 73.3 Å². The summed E-state index contributed by atoms with van der Waals surface area (Å²) in [5.74, 6) is -0.336. The Hall–Kier alpha value is -0.430. The van der Waals surface area contributed by atoms with Crippen LogP contribution < -0.4 is 0 Å². The van der Waals surface area contributed by atoms with Crippen LogP contribution in [0.4, 0.5) is 0 Å². The molecule has 0 amide bonds. The van der Waals surface area contributed by atoms with Crippen molar-refractivity contribution in [3.05, 3.63) is 34.9 Å². The van der Waals surface area contributed by atoms with E-state index in [0.29, 0.717) is 0 Å². The zero-order valence-corrected chi connectivity index (χ0v) is 16.0. The minimum atomic E-state index is -0.468. The van der Waals surface area contributed by atoms with Crippen molar-refractivity contribution in [1.29, 1.82) is 0 Å². The van der Waals surface area contributed by atoms with Crippen molar-refractivity contribution in [2.24, 2.45) is 0 Å². The highest BCUT2D eigenvalue weighted by atomic mass is 31.1. The highest BCUT2D eigenvalue weighted by molar-refractivity contribution is 7.58. The third-order valence-corrected chi connectivity index (χ3v) is 6.98. The highest BCUT2D eigenvalue weighted by Gasteiger charge is 2.29. The molecule has 1 rings (SSSR count). The molecule has 0 spiro atoms. The molecule has 0 radical (unpaired) electrons. The fraction of sp³-hybridized carbons (Fsp3) is 0.667. The van der Waals surface area contributed by atoms with Crippen molar-refractivity contribution in [2.75, 3.05) is 13.8 Å². The average Bonchev–Trinajstić information content (AvgIpc) is 2.37. The summed E-state index contributed by atoms with van der Waals surface area (Å²) < 4.78 is 0. The zero-order chi connectivity index (χ0) is 17.0. The lowest BCUT2D eigenvalue weighted by Gasteiger charge is -2.33. The number of hydrogen-bond donors (Lipinski definition) is 2. The van der Waals surface area contributed by atoms with Gasteiger partial charge in [-0.15, -0.1) is 0 Å². The lowest BCUT2D eigenvalue weighted by Crippen LogP contribution is -2.17. The Morgan fingerprint density at radius 2 is 1.48 bits per heavy atom. The molecule has 1 aromatic carbocycles. The van der Waals surface area contributed by atoms with Crippen LogP contribution in [0.2, 0.25) is 0 Å². The van der Waals surface area contributed by atoms with E-state index in [4.69, 9.17) is 5.11 Å². The second kappa shape index (κ2) is 7.72. The van der Waals surface area contributed by atoms with Crippen LogP contribution in [-0.2, 0) is 5.41 Å². The first kappa shape index (κ1) is 20.6. The van der Waals surface area contributed by atoms with E-state index in [0.717, 1.165) is 12.7 Å². The van der Waals surface area contributed by atoms with Crippen LogP contribution in [0.5, 0.6) is 0 Å². The Bertz CT molecular complexity index is 442. The number of benzene rings is 1. The Balaban J connectivity index is 0.00000191. The summed E-state index contributed by atoms with van der Waals surface area (Å²) in [7, 11) is 0.532. The van der Waals surface area contributed by atoms with Gasteiger partial charge in [-0.05, 0) is 40.8 Å². The number of aliphatic hydroxyl groups excluding tert-OH is 2. The van der Waals surface area contributed by atoms with Gasteiger partial charge in [-0.1, -0.05) is 67.7 Å². The minimum Gasteiger partial charge on any atom is -0.400 e. The van der Waals surface area contributed by atoms with Crippen LogP contribution in [0.25, 0.3) is 0 Å². The van der Waals surface area contributed by atoms with E-state index < -0.39 is 7.92 Å². The Labute approximate surface area is 132 Å². The molecule has 0 saturated heterocycles. The van der Waals surface area contributed by atoms with Crippen LogP contribution in [0.15, 0.2) is 18.2 Å². The Morgan fingerprint density at radius 1 is 1.00 bits per heavy atom. The van der Waals surface area contributed by atoms with Gasteiger partial charge < -0.3 is 10.2 Å². The van der Waals surface area contributed by atoms with E-state index in [9.17, 15) is 5.11 Å². The van der Waals surface area contributed by atoms with Gasteiger partial charge in [-0.2, -0.15) is 0 Å². The van der Waals surface area contributed by atoms with Crippen molar-refractivity contribution in [2.45, 2.75) is 64.9 Å². The lowest BCUT2D eigenvalue weighted by atomic mass is 9.85. The van der Waals surface area contributed by atoms with E-state index in [1.165, 1.54) is 11.1 Å². The first-order chi connectivity index (χ1) is 9.44. The molecule has 2 nitrogen and oxygen atoms in total. The van der Waals surface area contributed by atoms with Gasteiger partial charge in [0, 0.05) is 7.11 Å². The third kappa shape index (κ3) is 5.70. The fourth-order valence-corrected chi connectivity index (χ4v) is 3.39. The van der Waals surface area contributed by atoms with E-state index >= 15 is 0 Å². The molecule has 122 valence electrons. The van der Waals surface area contributed by atoms with Crippen LogP contribution in [0.3, 0.4) is 0 Å². The maximum absolute atomic E-state index is 10.7. The molecule has 1 aromatic rings. The predicted octanol–water partition coefficient (Wildman–Crippen LogP) is 4.80. The van der Waals surface area contributed by atoms with Gasteiger partial charge in [0.15, 0.2) is 0 Å². The van der Waals surface area contributed by atoms with Crippen molar-refractivity contribution >= 4 is 7.92 Å². The minimum absolute atomic E-state index is 0.125. The summed E-state index contributed by atoms with van der Waals surface area (Å²) >= 11 is 0. The first-order valence-corrected chi connectivity index (χ1v) is 9.27. The summed E-state index contributed by atoms with van der Waals surface area (Å²) in [6.45, 7) is 17.6. The van der Waals surface area contributed by atoms with Crippen LogP contribution in [0.1, 0.15) is 64.1 Å². The first-order valence-electron chi connectivity index (χ1n) is 7.41. The molecule has 0 aliphatic heterocycles. The molecular formula is C18H33O2P. The lowest BCUT2D eigenvalue weighted by molar-refractivity contribution is 0.260. The molecule has 0 saturated carbocycles. The number of rotatable bonds is 2.